The number of fused-ring (bicyclic) bond motifs is 1. The van der Waals surface area contributed by atoms with E-state index in [-0.39, 0.29) is 5.91 Å². The van der Waals surface area contributed by atoms with Crippen molar-refractivity contribution in [3.63, 3.8) is 0 Å². The van der Waals surface area contributed by atoms with Crippen LogP contribution in [-0.2, 0) is 21.4 Å². The van der Waals surface area contributed by atoms with Gasteiger partial charge in [-0.05, 0) is 73.4 Å². The highest BCUT2D eigenvalue weighted by Crippen LogP contribution is 2.38. The summed E-state index contributed by atoms with van der Waals surface area (Å²) in [7, 11) is 0. The van der Waals surface area contributed by atoms with Crippen LogP contribution in [0.15, 0.2) is 60.8 Å². The molecule has 0 N–H and O–H groups in total. The van der Waals surface area contributed by atoms with Crippen molar-refractivity contribution in [3.8, 4) is 0 Å². The van der Waals surface area contributed by atoms with Gasteiger partial charge in [0, 0.05) is 42.9 Å². The molecular formula is C27H29ClN2O2. The Kier molecular flexibility index (Phi) is 6.16. The SMILES string of the molecule is O=C(N1CCC(Cc2cccc3ncccc23)CC1)C1(c2ccc(Cl)cc2)CCOCC1. The Labute approximate surface area is 194 Å². The smallest absolute Gasteiger partial charge is 0.233 e. The van der Waals surface area contributed by atoms with Crippen LogP contribution >= 0.6 is 11.6 Å². The van der Waals surface area contributed by atoms with Gasteiger partial charge in [0.25, 0.3) is 0 Å². The molecule has 0 saturated carbocycles. The Morgan fingerprint density at radius 2 is 1.78 bits per heavy atom. The molecule has 2 aliphatic heterocycles. The van der Waals surface area contributed by atoms with Crippen molar-refractivity contribution >= 4 is 28.4 Å². The normalized spacial score (nSPS) is 19.2. The Bertz CT molecular complexity index is 1080. The number of hydrogen-bond donors (Lipinski definition) is 0. The summed E-state index contributed by atoms with van der Waals surface area (Å²) in [6.07, 6.45) is 6.43. The van der Waals surface area contributed by atoms with Crippen LogP contribution in [-0.4, -0.2) is 42.1 Å². The molecule has 32 heavy (non-hydrogen) atoms. The average Bonchev–Trinajstić information content (AvgIpc) is 2.85. The number of benzene rings is 2. The van der Waals surface area contributed by atoms with Gasteiger partial charge in [-0.15, -0.1) is 0 Å². The Balaban J connectivity index is 1.29. The van der Waals surface area contributed by atoms with Gasteiger partial charge < -0.3 is 9.64 Å². The second-order valence-corrected chi connectivity index (χ2v) is 9.56. The van der Waals surface area contributed by atoms with E-state index in [1.165, 1.54) is 10.9 Å². The minimum atomic E-state index is -0.489. The topological polar surface area (TPSA) is 42.4 Å². The summed E-state index contributed by atoms with van der Waals surface area (Å²) in [5.74, 6) is 0.849. The van der Waals surface area contributed by atoms with Gasteiger partial charge >= 0.3 is 0 Å². The molecule has 2 fully saturated rings. The van der Waals surface area contributed by atoms with Crippen LogP contribution in [0.4, 0.5) is 0 Å². The number of nitrogens with zero attached hydrogens (tertiary/aromatic N) is 2. The first-order valence-corrected chi connectivity index (χ1v) is 12.0. The van der Waals surface area contributed by atoms with Gasteiger partial charge in [0.2, 0.25) is 5.91 Å². The number of pyridine rings is 1. The molecular weight excluding hydrogens is 420 g/mol. The molecule has 166 valence electrons. The highest BCUT2D eigenvalue weighted by Gasteiger charge is 2.44. The third-order valence-corrected chi connectivity index (χ3v) is 7.55. The molecule has 3 heterocycles. The van der Waals surface area contributed by atoms with E-state index in [1.54, 1.807) is 0 Å². The number of likely N-dealkylation sites (tertiary alicyclic amines) is 1. The molecule has 1 amide bonds. The first-order chi connectivity index (χ1) is 15.7. The van der Waals surface area contributed by atoms with Gasteiger partial charge in [-0.3, -0.25) is 9.78 Å². The van der Waals surface area contributed by atoms with Crippen molar-refractivity contribution in [1.82, 2.24) is 9.88 Å². The van der Waals surface area contributed by atoms with Gasteiger partial charge in [0.05, 0.1) is 10.9 Å². The van der Waals surface area contributed by atoms with E-state index < -0.39 is 5.41 Å². The molecule has 0 spiro atoms. The lowest BCUT2D eigenvalue weighted by Crippen LogP contribution is -2.52. The van der Waals surface area contributed by atoms with E-state index >= 15 is 0 Å². The lowest BCUT2D eigenvalue weighted by atomic mass is 9.72. The van der Waals surface area contributed by atoms with E-state index in [1.807, 2.05) is 36.5 Å². The zero-order valence-corrected chi connectivity index (χ0v) is 19.1. The number of rotatable bonds is 4. The molecule has 2 aliphatic rings. The minimum Gasteiger partial charge on any atom is -0.381 e. The van der Waals surface area contributed by atoms with E-state index in [0.29, 0.717) is 24.2 Å². The van der Waals surface area contributed by atoms with Crippen molar-refractivity contribution in [1.29, 1.82) is 0 Å². The third-order valence-electron chi connectivity index (χ3n) is 7.30. The van der Waals surface area contributed by atoms with Crippen LogP contribution in [0.5, 0.6) is 0 Å². The van der Waals surface area contributed by atoms with Gasteiger partial charge in [0.1, 0.15) is 0 Å². The molecule has 0 unspecified atom stereocenters. The summed E-state index contributed by atoms with van der Waals surface area (Å²) >= 11 is 6.12. The predicted molar refractivity (Wildman–Crippen MR) is 128 cm³/mol. The number of ether oxygens (including phenoxy) is 1. The fourth-order valence-electron chi connectivity index (χ4n) is 5.41. The van der Waals surface area contributed by atoms with Gasteiger partial charge in [-0.2, -0.15) is 0 Å². The Morgan fingerprint density at radius 1 is 1.03 bits per heavy atom. The third kappa shape index (κ3) is 4.14. The van der Waals surface area contributed by atoms with Crippen molar-refractivity contribution in [2.45, 2.75) is 37.5 Å². The highest BCUT2D eigenvalue weighted by atomic mass is 35.5. The molecule has 0 atom stereocenters. The van der Waals surface area contributed by atoms with Gasteiger partial charge in [-0.1, -0.05) is 41.9 Å². The Morgan fingerprint density at radius 3 is 2.53 bits per heavy atom. The zero-order valence-electron chi connectivity index (χ0n) is 18.3. The van der Waals surface area contributed by atoms with Crippen molar-refractivity contribution in [2.75, 3.05) is 26.3 Å². The second-order valence-electron chi connectivity index (χ2n) is 9.13. The van der Waals surface area contributed by atoms with Crippen LogP contribution in [0.1, 0.15) is 36.8 Å². The van der Waals surface area contributed by atoms with Gasteiger partial charge in [-0.25, -0.2) is 0 Å². The van der Waals surface area contributed by atoms with E-state index in [4.69, 9.17) is 16.3 Å². The Hall–Kier alpha value is -2.43. The van der Waals surface area contributed by atoms with Crippen LogP contribution in [0.3, 0.4) is 0 Å². The van der Waals surface area contributed by atoms with E-state index in [0.717, 1.165) is 56.3 Å². The van der Waals surface area contributed by atoms with Crippen molar-refractivity contribution < 1.29 is 9.53 Å². The minimum absolute atomic E-state index is 0.260. The fraction of sp³-hybridized carbons (Fsp3) is 0.407. The number of amides is 1. The number of aromatic nitrogens is 1. The van der Waals surface area contributed by atoms with Crippen LogP contribution < -0.4 is 0 Å². The molecule has 3 aromatic rings. The van der Waals surface area contributed by atoms with Crippen LogP contribution in [0.25, 0.3) is 10.9 Å². The molecule has 0 radical (unpaired) electrons. The lowest BCUT2D eigenvalue weighted by Gasteiger charge is -2.42. The first kappa shape index (κ1) is 21.4. The zero-order chi connectivity index (χ0) is 22.0. The van der Waals surface area contributed by atoms with Gasteiger partial charge in [0.15, 0.2) is 0 Å². The van der Waals surface area contributed by atoms with Crippen LogP contribution in [0.2, 0.25) is 5.02 Å². The summed E-state index contributed by atoms with van der Waals surface area (Å²) in [5.41, 5.74) is 3.00. The number of carbonyl (C=O) groups is 1. The lowest BCUT2D eigenvalue weighted by molar-refractivity contribution is -0.142. The molecule has 2 saturated heterocycles. The molecule has 5 heteroatoms. The van der Waals surface area contributed by atoms with E-state index in [2.05, 4.69) is 34.1 Å². The number of piperidine rings is 1. The fourth-order valence-corrected chi connectivity index (χ4v) is 5.54. The molecule has 5 rings (SSSR count). The summed E-state index contributed by atoms with van der Waals surface area (Å²) in [6, 6.07) is 18.4. The molecule has 1 aromatic heterocycles. The monoisotopic (exact) mass is 448 g/mol. The summed E-state index contributed by atoms with van der Waals surface area (Å²) in [6.45, 7) is 2.89. The molecule has 2 aromatic carbocycles. The molecule has 0 aliphatic carbocycles. The predicted octanol–water partition coefficient (Wildman–Crippen LogP) is 5.42. The maximum absolute atomic E-state index is 13.8. The standard InChI is InChI=1S/C27H29ClN2O2/c28-23-8-6-22(7-9-23)27(12-17-32-18-13-27)26(31)30-15-10-20(11-16-30)19-21-3-1-5-25-24(21)4-2-14-29-25/h1-9,14,20H,10-13,15-19H2. The largest absolute Gasteiger partial charge is 0.381 e. The van der Waals surface area contributed by atoms with Crippen LogP contribution in [0, 0.1) is 5.92 Å². The van der Waals surface area contributed by atoms with Crippen molar-refractivity contribution in [2.24, 2.45) is 5.92 Å². The quantitative estimate of drug-likeness (QED) is 0.535. The molecule has 0 bridgehead atoms. The summed E-state index contributed by atoms with van der Waals surface area (Å²) in [5, 5.41) is 1.95. The maximum atomic E-state index is 13.8. The number of hydrogen-bond acceptors (Lipinski definition) is 3. The number of carbonyl (C=O) groups excluding carboxylic acids is 1. The van der Waals surface area contributed by atoms with Crippen molar-refractivity contribution in [3.05, 3.63) is 76.9 Å². The maximum Gasteiger partial charge on any atom is 0.233 e. The summed E-state index contributed by atoms with van der Waals surface area (Å²) in [4.78, 5) is 20.4. The highest BCUT2D eigenvalue weighted by molar-refractivity contribution is 6.30. The average molecular weight is 449 g/mol. The summed E-state index contributed by atoms with van der Waals surface area (Å²) < 4.78 is 5.62. The van der Waals surface area contributed by atoms with E-state index in [9.17, 15) is 4.79 Å². The first-order valence-electron chi connectivity index (χ1n) is 11.6. The second kappa shape index (κ2) is 9.21. The number of halogens is 1. The molecule has 4 nitrogen and oxygen atoms in total.